The van der Waals surface area contributed by atoms with Crippen molar-refractivity contribution in [3.05, 3.63) is 78.0 Å². The number of hydrogen-bond donors (Lipinski definition) is 2. The fourth-order valence-corrected chi connectivity index (χ4v) is 2.89. The Labute approximate surface area is 167 Å². The molecular weight excluding hydrogens is 372 g/mol. The van der Waals surface area contributed by atoms with E-state index in [0.717, 1.165) is 35.8 Å². The van der Waals surface area contributed by atoms with Gasteiger partial charge in [-0.05, 0) is 48.6 Å². The molecule has 3 aromatic rings. The molecule has 0 atom stereocenters. The number of pyridine rings is 1. The van der Waals surface area contributed by atoms with Crippen LogP contribution in [0.2, 0.25) is 0 Å². The van der Waals surface area contributed by atoms with Gasteiger partial charge >= 0.3 is 11.9 Å². The quantitative estimate of drug-likeness (QED) is 0.515. The van der Waals surface area contributed by atoms with Gasteiger partial charge in [-0.1, -0.05) is 24.3 Å². The van der Waals surface area contributed by atoms with E-state index in [1.807, 2.05) is 36.4 Å². The number of carboxylic acid groups (broad SMARTS) is 2. The average Bonchev–Trinajstić information content (AvgIpc) is 3.22. The van der Waals surface area contributed by atoms with Crippen LogP contribution in [0.4, 0.5) is 0 Å². The number of benzene rings is 1. The van der Waals surface area contributed by atoms with Gasteiger partial charge < -0.3 is 14.6 Å². The van der Waals surface area contributed by atoms with E-state index >= 15 is 0 Å². The molecule has 0 radical (unpaired) electrons. The van der Waals surface area contributed by atoms with Gasteiger partial charge in [0, 0.05) is 29.9 Å². The molecular formula is C22H20N2O5. The van der Waals surface area contributed by atoms with Gasteiger partial charge in [-0.15, -0.1) is 0 Å². The first-order valence-corrected chi connectivity index (χ1v) is 9.16. The maximum atomic E-state index is 11.0. The van der Waals surface area contributed by atoms with Crippen LogP contribution in [0.3, 0.4) is 0 Å². The molecule has 0 spiro atoms. The Balaban J connectivity index is 1.81. The molecule has 2 N–H and O–H groups in total. The van der Waals surface area contributed by atoms with E-state index in [1.165, 1.54) is 0 Å². The maximum absolute atomic E-state index is 11.0. The number of nitrogens with zero attached hydrogens (tertiary/aromatic N) is 2. The monoisotopic (exact) mass is 392 g/mol. The molecule has 3 rings (SSSR count). The summed E-state index contributed by atoms with van der Waals surface area (Å²) in [5.74, 6) is -1.68. The summed E-state index contributed by atoms with van der Waals surface area (Å²) in [6.45, 7) is 0. The molecule has 0 amide bonds. The molecule has 0 aliphatic heterocycles. The van der Waals surface area contributed by atoms with Crippen LogP contribution in [-0.2, 0) is 4.79 Å². The zero-order chi connectivity index (χ0) is 20.6. The Morgan fingerprint density at radius 1 is 1.03 bits per heavy atom. The number of hydrogen-bond acceptors (Lipinski definition) is 5. The molecule has 148 valence electrons. The van der Waals surface area contributed by atoms with E-state index in [4.69, 9.17) is 14.6 Å². The number of rotatable bonds is 9. The lowest BCUT2D eigenvalue weighted by Crippen LogP contribution is -1.95. The molecule has 1 aromatic carbocycles. The SMILES string of the molecule is O=C(O)CCCC/C=C(\c1ccc(-c2nc(C(=O)O)co2)cc1)c1cccnc1. The normalized spacial score (nSPS) is 11.4. The zero-order valence-corrected chi connectivity index (χ0v) is 15.6. The number of aromatic nitrogens is 2. The first-order valence-electron chi connectivity index (χ1n) is 9.16. The fourth-order valence-electron chi connectivity index (χ4n) is 2.89. The first kappa shape index (κ1) is 20.0. The van der Waals surface area contributed by atoms with Crippen molar-refractivity contribution in [2.24, 2.45) is 0 Å². The van der Waals surface area contributed by atoms with Gasteiger partial charge in [0.2, 0.25) is 5.89 Å². The second-order valence-corrected chi connectivity index (χ2v) is 6.42. The van der Waals surface area contributed by atoms with Crippen molar-refractivity contribution in [3.63, 3.8) is 0 Å². The zero-order valence-electron chi connectivity index (χ0n) is 15.6. The van der Waals surface area contributed by atoms with E-state index in [9.17, 15) is 9.59 Å². The molecule has 0 aliphatic carbocycles. The number of allylic oxidation sites excluding steroid dienone is 1. The molecule has 2 heterocycles. The molecule has 0 aliphatic rings. The summed E-state index contributed by atoms with van der Waals surface area (Å²) in [6.07, 6.45) is 9.01. The van der Waals surface area contributed by atoms with Crippen LogP contribution >= 0.6 is 0 Å². The molecule has 0 saturated heterocycles. The van der Waals surface area contributed by atoms with E-state index in [-0.39, 0.29) is 18.0 Å². The summed E-state index contributed by atoms with van der Waals surface area (Å²) in [5, 5.41) is 17.7. The van der Waals surface area contributed by atoms with Gasteiger partial charge in [-0.3, -0.25) is 9.78 Å². The molecule has 0 unspecified atom stereocenters. The molecule has 0 bridgehead atoms. The highest BCUT2D eigenvalue weighted by Crippen LogP contribution is 2.27. The van der Waals surface area contributed by atoms with Crippen molar-refractivity contribution < 1.29 is 24.2 Å². The third kappa shape index (κ3) is 5.38. The number of unbranched alkanes of at least 4 members (excludes halogenated alkanes) is 2. The number of carbonyl (C=O) groups is 2. The van der Waals surface area contributed by atoms with Crippen LogP contribution in [-0.4, -0.2) is 32.1 Å². The van der Waals surface area contributed by atoms with Crippen LogP contribution in [0.1, 0.15) is 47.3 Å². The van der Waals surface area contributed by atoms with E-state index in [0.29, 0.717) is 12.0 Å². The minimum atomic E-state index is -1.14. The van der Waals surface area contributed by atoms with Gasteiger partial charge in [-0.2, -0.15) is 0 Å². The Bertz CT molecular complexity index is 1010. The predicted octanol–water partition coefficient (Wildman–Crippen LogP) is 4.51. The van der Waals surface area contributed by atoms with Crippen LogP contribution in [0.15, 0.2) is 65.5 Å². The van der Waals surface area contributed by atoms with Crippen molar-refractivity contribution in [2.45, 2.75) is 25.7 Å². The Hall–Kier alpha value is -3.74. The minimum absolute atomic E-state index is 0.138. The highest BCUT2D eigenvalue weighted by atomic mass is 16.4. The number of aromatic carboxylic acids is 1. The summed E-state index contributed by atoms with van der Waals surface area (Å²) < 4.78 is 5.24. The summed E-state index contributed by atoms with van der Waals surface area (Å²) in [7, 11) is 0. The second-order valence-electron chi connectivity index (χ2n) is 6.42. The lowest BCUT2D eigenvalue weighted by atomic mass is 9.96. The largest absolute Gasteiger partial charge is 0.481 e. The lowest BCUT2D eigenvalue weighted by Gasteiger charge is -2.09. The molecule has 7 nitrogen and oxygen atoms in total. The Morgan fingerprint density at radius 2 is 1.83 bits per heavy atom. The molecule has 2 aromatic heterocycles. The third-order valence-corrected chi connectivity index (χ3v) is 4.33. The molecule has 7 heteroatoms. The van der Waals surface area contributed by atoms with Crippen molar-refractivity contribution in [1.29, 1.82) is 0 Å². The third-order valence-electron chi connectivity index (χ3n) is 4.33. The van der Waals surface area contributed by atoms with E-state index in [2.05, 4.69) is 16.0 Å². The van der Waals surface area contributed by atoms with Crippen LogP contribution in [0.25, 0.3) is 17.0 Å². The van der Waals surface area contributed by atoms with Crippen molar-refractivity contribution in [2.75, 3.05) is 0 Å². The summed E-state index contributed by atoms with van der Waals surface area (Å²) in [5.41, 5.74) is 3.46. The fraction of sp³-hybridized carbons (Fsp3) is 0.182. The minimum Gasteiger partial charge on any atom is -0.481 e. The first-order chi connectivity index (χ1) is 14.0. The summed E-state index contributed by atoms with van der Waals surface area (Å²) >= 11 is 0. The molecule has 29 heavy (non-hydrogen) atoms. The highest BCUT2D eigenvalue weighted by molar-refractivity contribution is 5.85. The number of carboxylic acids is 2. The van der Waals surface area contributed by atoms with Gasteiger partial charge in [0.15, 0.2) is 5.69 Å². The van der Waals surface area contributed by atoms with E-state index < -0.39 is 11.9 Å². The van der Waals surface area contributed by atoms with Crippen molar-refractivity contribution >= 4 is 17.5 Å². The standard InChI is InChI=1S/C22H20N2O5/c25-20(26)7-3-1-2-6-18(17-5-4-12-23-13-17)15-8-10-16(11-9-15)21-24-19(14-29-21)22(27)28/h4-6,8-14H,1-3,7H2,(H,25,26)(H,27,28)/b18-6+. The topological polar surface area (TPSA) is 114 Å². The Morgan fingerprint density at radius 3 is 2.45 bits per heavy atom. The number of aliphatic carboxylic acids is 1. The Kier molecular flexibility index (Phi) is 6.52. The van der Waals surface area contributed by atoms with Crippen molar-refractivity contribution in [1.82, 2.24) is 9.97 Å². The van der Waals surface area contributed by atoms with Gasteiger partial charge in [0.1, 0.15) is 6.26 Å². The molecule has 0 fully saturated rings. The van der Waals surface area contributed by atoms with Gasteiger partial charge in [0.05, 0.1) is 0 Å². The number of oxazole rings is 1. The van der Waals surface area contributed by atoms with Crippen LogP contribution < -0.4 is 0 Å². The average molecular weight is 392 g/mol. The lowest BCUT2D eigenvalue weighted by molar-refractivity contribution is -0.137. The smallest absolute Gasteiger partial charge is 0.357 e. The highest BCUT2D eigenvalue weighted by Gasteiger charge is 2.12. The van der Waals surface area contributed by atoms with Crippen molar-refractivity contribution in [3.8, 4) is 11.5 Å². The van der Waals surface area contributed by atoms with E-state index in [1.54, 1.807) is 12.4 Å². The van der Waals surface area contributed by atoms with Crippen LogP contribution in [0, 0.1) is 0 Å². The maximum Gasteiger partial charge on any atom is 0.357 e. The summed E-state index contributed by atoms with van der Waals surface area (Å²) in [6, 6.07) is 11.3. The summed E-state index contributed by atoms with van der Waals surface area (Å²) in [4.78, 5) is 29.8. The second kappa shape index (κ2) is 9.45. The van der Waals surface area contributed by atoms with Gasteiger partial charge in [0.25, 0.3) is 0 Å². The molecule has 0 saturated carbocycles. The predicted molar refractivity (Wildman–Crippen MR) is 106 cm³/mol. The van der Waals surface area contributed by atoms with Crippen LogP contribution in [0.5, 0.6) is 0 Å². The van der Waals surface area contributed by atoms with Gasteiger partial charge in [-0.25, -0.2) is 9.78 Å².